The third kappa shape index (κ3) is 2.51. The summed E-state index contributed by atoms with van der Waals surface area (Å²) in [6, 6.07) is 4.16. The Labute approximate surface area is 145 Å². The summed E-state index contributed by atoms with van der Waals surface area (Å²) in [7, 11) is 0. The molecule has 8 heteroatoms. The largest absolute Gasteiger partial charge is 0.476 e. The van der Waals surface area contributed by atoms with E-state index in [1.54, 1.807) is 6.07 Å². The van der Waals surface area contributed by atoms with E-state index in [1.165, 1.54) is 22.8 Å². The van der Waals surface area contributed by atoms with Gasteiger partial charge in [0, 0.05) is 11.1 Å². The molecule has 2 N–H and O–H groups in total. The fourth-order valence-corrected chi connectivity index (χ4v) is 3.27. The Morgan fingerprint density at radius 1 is 1.40 bits per heavy atom. The van der Waals surface area contributed by atoms with Crippen LogP contribution in [0.2, 0.25) is 5.02 Å². The molecule has 0 spiro atoms. The topological polar surface area (TPSA) is 87.5 Å². The van der Waals surface area contributed by atoms with Crippen molar-refractivity contribution in [2.45, 2.75) is 25.2 Å². The van der Waals surface area contributed by atoms with Crippen LogP contribution in [-0.4, -0.2) is 25.7 Å². The third-order valence-corrected chi connectivity index (χ3v) is 4.91. The van der Waals surface area contributed by atoms with Gasteiger partial charge < -0.3 is 10.1 Å². The highest BCUT2D eigenvalue weighted by Crippen LogP contribution is 2.39. The number of nitrogens with zero attached hydrogens (tertiary/aromatic N) is 2. The second-order valence-electron chi connectivity index (χ2n) is 6.11. The average molecular weight is 362 g/mol. The molecule has 0 unspecified atom stereocenters. The number of aromatic nitrogens is 3. The molecule has 0 atom stereocenters. The summed E-state index contributed by atoms with van der Waals surface area (Å²) in [6.07, 6.45) is 4.17. The molecule has 4 rings (SSSR count). The SMILES string of the molecule is O=C(O)c1nn2cc(-c3ccc(Cl)c(F)c3)[nH]c(=O)c2c1C1CCC1. The fraction of sp³-hybridized carbons (Fsp3) is 0.235. The number of hydrogen-bond acceptors (Lipinski definition) is 3. The van der Waals surface area contributed by atoms with Crippen molar-refractivity contribution in [3.8, 4) is 11.3 Å². The minimum atomic E-state index is -1.16. The molecule has 1 aliphatic carbocycles. The normalized spacial score (nSPS) is 14.6. The van der Waals surface area contributed by atoms with Crippen molar-refractivity contribution in [1.82, 2.24) is 14.6 Å². The molecular weight excluding hydrogens is 349 g/mol. The summed E-state index contributed by atoms with van der Waals surface area (Å²) in [5.41, 5.74) is 0.907. The monoisotopic (exact) mass is 361 g/mol. The fourth-order valence-electron chi connectivity index (χ4n) is 3.15. The summed E-state index contributed by atoms with van der Waals surface area (Å²) in [5.74, 6) is -1.74. The van der Waals surface area contributed by atoms with Crippen LogP contribution >= 0.6 is 11.6 Å². The molecule has 25 heavy (non-hydrogen) atoms. The van der Waals surface area contributed by atoms with Crippen LogP contribution < -0.4 is 5.56 Å². The summed E-state index contributed by atoms with van der Waals surface area (Å²) < 4.78 is 15.0. The number of rotatable bonds is 3. The number of nitrogens with one attached hydrogen (secondary N) is 1. The molecule has 0 amide bonds. The number of H-pyrrole nitrogens is 1. The number of carbonyl (C=O) groups is 1. The second-order valence-corrected chi connectivity index (χ2v) is 6.52. The molecular formula is C17H13ClFN3O3. The van der Waals surface area contributed by atoms with Crippen LogP contribution in [-0.2, 0) is 0 Å². The lowest BCUT2D eigenvalue weighted by Gasteiger charge is -2.24. The highest BCUT2D eigenvalue weighted by atomic mass is 35.5. The Balaban J connectivity index is 1.94. The number of aromatic amines is 1. The number of halogens is 2. The van der Waals surface area contributed by atoms with Gasteiger partial charge in [0.15, 0.2) is 5.69 Å². The summed E-state index contributed by atoms with van der Waals surface area (Å²) in [6.45, 7) is 0. The quantitative estimate of drug-likeness (QED) is 0.748. The van der Waals surface area contributed by atoms with Crippen molar-refractivity contribution >= 4 is 23.1 Å². The van der Waals surface area contributed by atoms with Crippen LogP contribution in [0.15, 0.2) is 29.2 Å². The van der Waals surface area contributed by atoms with Gasteiger partial charge in [-0.05, 0) is 30.9 Å². The van der Waals surface area contributed by atoms with Gasteiger partial charge in [-0.15, -0.1) is 0 Å². The number of carboxylic acid groups (broad SMARTS) is 1. The van der Waals surface area contributed by atoms with E-state index < -0.39 is 17.3 Å². The van der Waals surface area contributed by atoms with E-state index in [2.05, 4.69) is 10.1 Å². The standard InChI is InChI=1S/C17H13ClFN3O3/c18-10-5-4-9(6-11(10)19)12-7-22-15(16(23)20-12)13(8-2-1-3-8)14(21-22)17(24)25/h4-8H,1-3H2,(H,20,23)(H,24,25). The predicted molar refractivity (Wildman–Crippen MR) is 89.8 cm³/mol. The first kappa shape index (κ1) is 15.8. The molecule has 1 fully saturated rings. The van der Waals surface area contributed by atoms with Crippen molar-refractivity contribution in [3.63, 3.8) is 0 Å². The average Bonchev–Trinajstić information content (AvgIpc) is 2.88. The van der Waals surface area contributed by atoms with Gasteiger partial charge in [-0.3, -0.25) is 4.79 Å². The number of benzene rings is 1. The van der Waals surface area contributed by atoms with Crippen LogP contribution in [0, 0.1) is 5.82 Å². The van der Waals surface area contributed by atoms with Crippen molar-refractivity contribution < 1.29 is 14.3 Å². The van der Waals surface area contributed by atoms with Gasteiger partial charge in [0.2, 0.25) is 0 Å². The molecule has 1 saturated carbocycles. The molecule has 2 aromatic heterocycles. The number of carboxylic acids is 1. The first-order valence-corrected chi connectivity index (χ1v) is 8.18. The van der Waals surface area contributed by atoms with Gasteiger partial charge >= 0.3 is 5.97 Å². The van der Waals surface area contributed by atoms with Gasteiger partial charge in [0.05, 0.1) is 16.9 Å². The highest BCUT2D eigenvalue weighted by Gasteiger charge is 2.31. The Morgan fingerprint density at radius 3 is 2.76 bits per heavy atom. The number of fused-ring (bicyclic) bond motifs is 1. The van der Waals surface area contributed by atoms with Crippen LogP contribution in [0.4, 0.5) is 4.39 Å². The van der Waals surface area contributed by atoms with Crippen molar-refractivity contribution in [2.24, 2.45) is 0 Å². The van der Waals surface area contributed by atoms with Crippen LogP contribution in [0.25, 0.3) is 16.8 Å². The summed E-state index contributed by atoms with van der Waals surface area (Å²) in [5, 5.41) is 13.5. The number of hydrogen-bond donors (Lipinski definition) is 2. The first-order chi connectivity index (χ1) is 12.0. The highest BCUT2D eigenvalue weighted by molar-refractivity contribution is 6.30. The summed E-state index contributed by atoms with van der Waals surface area (Å²) in [4.78, 5) is 26.8. The van der Waals surface area contributed by atoms with E-state index in [-0.39, 0.29) is 22.2 Å². The van der Waals surface area contributed by atoms with E-state index >= 15 is 0 Å². The molecule has 1 aromatic carbocycles. The molecule has 128 valence electrons. The Morgan fingerprint density at radius 2 is 2.16 bits per heavy atom. The number of aromatic carboxylic acids is 1. The maximum atomic E-state index is 13.7. The van der Waals surface area contributed by atoms with Gasteiger partial charge in [-0.25, -0.2) is 13.7 Å². The van der Waals surface area contributed by atoms with E-state index in [1.807, 2.05) is 0 Å². The van der Waals surface area contributed by atoms with E-state index in [0.29, 0.717) is 16.8 Å². The molecule has 0 bridgehead atoms. The zero-order valence-electron chi connectivity index (χ0n) is 12.9. The lowest BCUT2D eigenvalue weighted by Crippen LogP contribution is -2.17. The van der Waals surface area contributed by atoms with Crippen molar-refractivity contribution in [1.29, 1.82) is 0 Å². The third-order valence-electron chi connectivity index (χ3n) is 4.61. The molecule has 2 heterocycles. The maximum absolute atomic E-state index is 13.7. The Hall–Kier alpha value is -2.67. The lowest BCUT2D eigenvalue weighted by molar-refractivity contribution is 0.0687. The second kappa shape index (κ2) is 5.70. The zero-order chi connectivity index (χ0) is 17.7. The molecule has 1 aliphatic rings. The van der Waals surface area contributed by atoms with E-state index in [9.17, 15) is 19.1 Å². The molecule has 6 nitrogen and oxygen atoms in total. The minimum Gasteiger partial charge on any atom is -0.476 e. The Kier molecular flexibility index (Phi) is 3.61. The Bertz CT molecular complexity index is 1070. The maximum Gasteiger partial charge on any atom is 0.356 e. The lowest BCUT2D eigenvalue weighted by atomic mass is 9.79. The minimum absolute atomic E-state index is 0.0216. The van der Waals surface area contributed by atoms with Gasteiger partial charge in [-0.2, -0.15) is 5.10 Å². The van der Waals surface area contributed by atoms with Crippen LogP contribution in [0.1, 0.15) is 41.2 Å². The molecule has 0 saturated heterocycles. The van der Waals surface area contributed by atoms with Gasteiger partial charge in [0.25, 0.3) is 5.56 Å². The van der Waals surface area contributed by atoms with Crippen LogP contribution in [0.5, 0.6) is 0 Å². The van der Waals surface area contributed by atoms with Gasteiger partial charge in [0.1, 0.15) is 11.3 Å². The summed E-state index contributed by atoms with van der Waals surface area (Å²) >= 11 is 5.68. The first-order valence-electron chi connectivity index (χ1n) is 7.80. The van der Waals surface area contributed by atoms with E-state index in [4.69, 9.17) is 11.6 Å². The van der Waals surface area contributed by atoms with Gasteiger partial charge in [-0.1, -0.05) is 24.1 Å². The molecule has 0 aliphatic heterocycles. The van der Waals surface area contributed by atoms with Crippen LogP contribution in [0.3, 0.4) is 0 Å². The van der Waals surface area contributed by atoms with Crippen molar-refractivity contribution in [3.05, 3.63) is 56.8 Å². The van der Waals surface area contributed by atoms with Crippen molar-refractivity contribution in [2.75, 3.05) is 0 Å². The zero-order valence-corrected chi connectivity index (χ0v) is 13.7. The molecule has 0 radical (unpaired) electrons. The predicted octanol–water partition coefficient (Wildman–Crippen LogP) is 3.45. The van der Waals surface area contributed by atoms with E-state index in [0.717, 1.165) is 19.3 Å². The smallest absolute Gasteiger partial charge is 0.356 e. The molecule has 3 aromatic rings.